The minimum absolute atomic E-state index is 0.111. The number of rotatable bonds is 3. The second-order valence-electron chi connectivity index (χ2n) is 3.32. The molecule has 1 heterocycles. The van der Waals surface area contributed by atoms with Crippen LogP contribution in [0, 0.1) is 5.82 Å². The van der Waals surface area contributed by atoms with Crippen molar-refractivity contribution >= 4 is 29.2 Å². The molecule has 0 atom stereocenters. The summed E-state index contributed by atoms with van der Waals surface area (Å²) in [5.41, 5.74) is 1.34. The van der Waals surface area contributed by atoms with Crippen molar-refractivity contribution in [2.75, 3.05) is 0 Å². The number of benzene rings is 1. The molecule has 2 aromatic rings. The molecule has 4 heteroatoms. The molecule has 0 radical (unpaired) electrons. The van der Waals surface area contributed by atoms with Gasteiger partial charge in [-0.05, 0) is 28.6 Å². The second kappa shape index (κ2) is 4.76. The predicted octanol–water partition coefficient (Wildman–Crippen LogP) is 3.94. The van der Waals surface area contributed by atoms with Crippen molar-refractivity contribution in [2.45, 2.75) is 6.42 Å². The Labute approximate surface area is 101 Å². The summed E-state index contributed by atoms with van der Waals surface area (Å²) in [5.74, 6) is -0.410. The monoisotopic (exact) mass is 254 g/mol. The van der Waals surface area contributed by atoms with Gasteiger partial charge in [0.25, 0.3) is 0 Å². The fraction of sp³-hybridized carbons (Fsp3) is 0.0833. The van der Waals surface area contributed by atoms with E-state index < -0.39 is 5.82 Å². The first-order valence-electron chi connectivity index (χ1n) is 4.67. The minimum Gasteiger partial charge on any atom is -0.297 e. The van der Waals surface area contributed by atoms with Gasteiger partial charge >= 0.3 is 0 Å². The maximum atomic E-state index is 13.6. The highest BCUT2D eigenvalue weighted by Gasteiger charge is 2.10. The third kappa shape index (κ3) is 2.15. The summed E-state index contributed by atoms with van der Waals surface area (Å²) in [6.45, 7) is 0. The van der Waals surface area contributed by atoms with Gasteiger partial charge in [0, 0.05) is 6.42 Å². The van der Waals surface area contributed by atoms with Crippen LogP contribution in [0.25, 0.3) is 0 Å². The first kappa shape index (κ1) is 11.3. The third-order valence-corrected chi connectivity index (χ3v) is 3.48. The molecule has 2 rings (SSSR count). The first-order chi connectivity index (χ1) is 7.72. The summed E-state index contributed by atoms with van der Waals surface area (Å²) < 4.78 is 13.6. The van der Waals surface area contributed by atoms with Crippen LogP contribution in [0.1, 0.15) is 20.8 Å². The highest BCUT2D eigenvalue weighted by Crippen LogP contribution is 2.23. The summed E-state index contributed by atoms with van der Waals surface area (Å²) in [6, 6.07) is 6.71. The van der Waals surface area contributed by atoms with Crippen molar-refractivity contribution in [2.24, 2.45) is 0 Å². The van der Waals surface area contributed by atoms with Crippen LogP contribution < -0.4 is 0 Å². The first-order valence-corrected chi connectivity index (χ1v) is 5.92. The lowest BCUT2D eigenvalue weighted by Crippen LogP contribution is -1.94. The third-order valence-electron chi connectivity index (χ3n) is 2.30. The lowest BCUT2D eigenvalue weighted by molar-refractivity contribution is 0.112. The summed E-state index contributed by atoms with van der Waals surface area (Å²) in [5, 5.41) is 1.93. The fourth-order valence-corrected chi connectivity index (χ4v) is 2.41. The molecule has 0 saturated carbocycles. The van der Waals surface area contributed by atoms with Gasteiger partial charge < -0.3 is 0 Å². The van der Waals surface area contributed by atoms with Crippen molar-refractivity contribution in [1.82, 2.24) is 0 Å². The van der Waals surface area contributed by atoms with Crippen molar-refractivity contribution in [3.63, 3.8) is 0 Å². The number of carbonyl (C=O) groups is 1. The van der Waals surface area contributed by atoms with Crippen LogP contribution in [0.4, 0.5) is 4.39 Å². The number of thiophene rings is 1. The van der Waals surface area contributed by atoms with E-state index in [1.807, 2.05) is 11.4 Å². The van der Waals surface area contributed by atoms with E-state index in [4.69, 9.17) is 11.6 Å². The molecule has 0 amide bonds. The normalized spacial score (nSPS) is 10.4. The number of halogens is 2. The van der Waals surface area contributed by atoms with E-state index in [1.165, 1.54) is 17.4 Å². The average molecular weight is 255 g/mol. The van der Waals surface area contributed by atoms with Gasteiger partial charge in [-0.25, -0.2) is 4.39 Å². The Morgan fingerprint density at radius 1 is 1.31 bits per heavy atom. The summed E-state index contributed by atoms with van der Waals surface area (Å²) in [4.78, 5) is 11.4. The second-order valence-corrected chi connectivity index (χ2v) is 4.67. The van der Waals surface area contributed by atoms with Crippen LogP contribution in [-0.4, -0.2) is 6.29 Å². The zero-order valence-electron chi connectivity index (χ0n) is 8.24. The van der Waals surface area contributed by atoms with Gasteiger partial charge in [-0.2, -0.15) is 0 Å². The molecule has 0 aliphatic carbocycles. The maximum absolute atomic E-state index is 13.6. The van der Waals surface area contributed by atoms with E-state index >= 15 is 0 Å². The van der Waals surface area contributed by atoms with Crippen molar-refractivity contribution in [3.8, 4) is 0 Å². The number of carbonyl (C=O) groups excluding carboxylic acids is 1. The topological polar surface area (TPSA) is 17.1 Å². The number of hydrogen-bond donors (Lipinski definition) is 0. The quantitative estimate of drug-likeness (QED) is 0.758. The molecule has 1 aromatic carbocycles. The molecule has 0 bridgehead atoms. The smallest absolute Gasteiger partial charge is 0.160 e. The van der Waals surface area contributed by atoms with Crippen LogP contribution in [0.15, 0.2) is 29.6 Å². The Morgan fingerprint density at radius 2 is 2.12 bits per heavy atom. The van der Waals surface area contributed by atoms with E-state index in [-0.39, 0.29) is 5.02 Å². The lowest BCUT2D eigenvalue weighted by atomic mass is 10.1. The highest BCUT2D eigenvalue weighted by molar-refractivity contribution is 7.11. The molecule has 0 aliphatic heterocycles. The standard InChI is InChI=1S/C12H8ClFOS/c13-10-3-1-2-9(12(10)14)6-8-4-5-16-11(8)7-15/h1-5,7H,6H2. The Balaban J connectivity index is 2.34. The van der Waals surface area contributed by atoms with Crippen molar-refractivity contribution < 1.29 is 9.18 Å². The van der Waals surface area contributed by atoms with Crippen LogP contribution in [0.5, 0.6) is 0 Å². The fourth-order valence-electron chi connectivity index (χ4n) is 1.49. The number of aldehydes is 1. The van der Waals surface area contributed by atoms with Gasteiger partial charge in [-0.1, -0.05) is 23.7 Å². The molecule has 82 valence electrons. The molecule has 16 heavy (non-hydrogen) atoms. The van der Waals surface area contributed by atoms with Gasteiger partial charge in [0.1, 0.15) is 5.82 Å². The molecule has 0 N–H and O–H groups in total. The largest absolute Gasteiger partial charge is 0.297 e. The SMILES string of the molecule is O=Cc1sccc1Cc1cccc(Cl)c1F. The molecule has 0 saturated heterocycles. The molecule has 0 aliphatic rings. The van der Waals surface area contributed by atoms with Crippen LogP contribution >= 0.6 is 22.9 Å². The number of hydrogen-bond acceptors (Lipinski definition) is 2. The lowest BCUT2D eigenvalue weighted by Gasteiger charge is -2.03. The predicted molar refractivity (Wildman–Crippen MR) is 63.9 cm³/mol. The zero-order chi connectivity index (χ0) is 11.5. The van der Waals surface area contributed by atoms with E-state index in [0.29, 0.717) is 16.9 Å². The molecule has 0 unspecified atom stereocenters. The van der Waals surface area contributed by atoms with Gasteiger partial charge in [0.15, 0.2) is 6.29 Å². The molecule has 0 spiro atoms. The minimum atomic E-state index is -0.410. The van der Waals surface area contributed by atoms with Gasteiger partial charge in [-0.15, -0.1) is 11.3 Å². The van der Waals surface area contributed by atoms with Crippen LogP contribution in [0.3, 0.4) is 0 Å². The molecule has 1 aromatic heterocycles. The van der Waals surface area contributed by atoms with E-state index in [2.05, 4.69) is 0 Å². The van der Waals surface area contributed by atoms with Gasteiger partial charge in [0.05, 0.1) is 9.90 Å². The van der Waals surface area contributed by atoms with Crippen molar-refractivity contribution in [1.29, 1.82) is 0 Å². The zero-order valence-corrected chi connectivity index (χ0v) is 9.82. The van der Waals surface area contributed by atoms with Crippen LogP contribution in [0.2, 0.25) is 5.02 Å². The average Bonchev–Trinajstić information content (AvgIpc) is 2.72. The van der Waals surface area contributed by atoms with Crippen LogP contribution in [-0.2, 0) is 6.42 Å². The van der Waals surface area contributed by atoms with E-state index in [0.717, 1.165) is 11.8 Å². The Morgan fingerprint density at radius 3 is 2.88 bits per heavy atom. The Bertz CT molecular complexity index is 521. The molecule has 0 fully saturated rings. The summed E-state index contributed by atoms with van der Waals surface area (Å²) in [6.07, 6.45) is 1.19. The van der Waals surface area contributed by atoms with Gasteiger partial charge in [-0.3, -0.25) is 4.79 Å². The maximum Gasteiger partial charge on any atom is 0.160 e. The van der Waals surface area contributed by atoms with E-state index in [1.54, 1.807) is 12.1 Å². The molecular weight excluding hydrogens is 247 g/mol. The summed E-state index contributed by atoms with van der Waals surface area (Å²) >= 11 is 7.04. The van der Waals surface area contributed by atoms with Crippen molar-refractivity contribution in [3.05, 3.63) is 56.5 Å². The Hall–Kier alpha value is -1.19. The molecular formula is C12H8ClFOS. The highest BCUT2D eigenvalue weighted by atomic mass is 35.5. The summed E-state index contributed by atoms with van der Waals surface area (Å²) in [7, 11) is 0. The van der Waals surface area contributed by atoms with Gasteiger partial charge in [0.2, 0.25) is 0 Å². The molecule has 1 nitrogen and oxygen atoms in total. The van der Waals surface area contributed by atoms with E-state index in [9.17, 15) is 9.18 Å². The Kier molecular flexibility index (Phi) is 3.36.